The summed E-state index contributed by atoms with van der Waals surface area (Å²) < 4.78 is 6.59. The summed E-state index contributed by atoms with van der Waals surface area (Å²) in [5.41, 5.74) is 6.92. The zero-order valence-electron chi connectivity index (χ0n) is 24.3. The number of rotatable bonds is 4. The molecule has 1 aliphatic rings. The number of furan rings is 1. The molecular formula is C41H27N3O. The molecule has 9 rings (SSSR count). The van der Waals surface area contributed by atoms with Gasteiger partial charge in [-0.3, -0.25) is 0 Å². The van der Waals surface area contributed by atoms with Crippen molar-refractivity contribution in [3.8, 4) is 11.1 Å². The number of nitrogens with one attached hydrogen (secondary N) is 1. The van der Waals surface area contributed by atoms with Crippen LogP contribution in [-0.4, -0.2) is 11.7 Å². The van der Waals surface area contributed by atoms with Crippen LogP contribution in [0.3, 0.4) is 0 Å². The first kappa shape index (κ1) is 25.5. The first-order chi connectivity index (χ1) is 22.3. The molecule has 0 amide bonds. The molecule has 8 aromatic rings. The molecule has 2 heterocycles. The molecule has 0 spiro atoms. The zero-order chi connectivity index (χ0) is 29.7. The van der Waals surface area contributed by atoms with E-state index >= 15 is 0 Å². The molecule has 4 nitrogen and oxygen atoms in total. The summed E-state index contributed by atoms with van der Waals surface area (Å²) in [5.74, 6) is 1.55. The second-order valence-electron chi connectivity index (χ2n) is 11.4. The van der Waals surface area contributed by atoms with Crippen molar-refractivity contribution in [1.29, 1.82) is 0 Å². The molecule has 0 aliphatic carbocycles. The Balaban J connectivity index is 1.31. The van der Waals surface area contributed by atoms with Crippen molar-refractivity contribution >= 4 is 55.2 Å². The predicted octanol–water partition coefficient (Wildman–Crippen LogP) is 10.1. The summed E-state index contributed by atoms with van der Waals surface area (Å²) in [6.45, 7) is 0. The summed E-state index contributed by atoms with van der Waals surface area (Å²) in [6, 6.07) is 52.6. The monoisotopic (exact) mass is 577 g/mol. The first-order valence-corrected chi connectivity index (χ1v) is 15.2. The Labute approximate surface area is 260 Å². The Morgan fingerprint density at radius 2 is 1.09 bits per heavy atom. The number of hydrogen-bond donors (Lipinski definition) is 1. The van der Waals surface area contributed by atoms with Crippen LogP contribution in [0.25, 0.3) is 54.6 Å². The molecule has 1 N–H and O–H groups in total. The minimum absolute atomic E-state index is 0.451. The number of benzene rings is 7. The van der Waals surface area contributed by atoms with Crippen LogP contribution in [-0.2, 0) is 0 Å². The number of amidine groups is 2. The van der Waals surface area contributed by atoms with Crippen LogP contribution in [0, 0.1) is 0 Å². The normalized spacial score (nSPS) is 14.9. The van der Waals surface area contributed by atoms with Gasteiger partial charge in [0.25, 0.3) is 0 Å². The molecule has 7 aromatic carbocycles. The summed E-state index contributed by atoms with van der Waals surface area (Å²) in [7, 11) is 0. The van der Waals surface area contributed by atoms with E-state index in [1.807, 2.05) is 36.4 Å². The Morgan fingerprint density at radius 1 is 0.489 bits per heavy atom. The predicted molar refractivity (Wildman–Crippen MR) is 186 cm³/mol. The standard InChI is InChI=1S/C41H27N3O/c1-3-13-26(14-4-1)30-23-24-34(37-33-21-11-12-22-36(33)45-38(30)37)40-42-39(27-15-5-2-6-16-27)43-41(44-40)35-25-28-17-7-8-18-29(28)31-19-9-10-20-32(31)35/h1-25,41H,(H,42,43,44). The molecule has 1 aromatic heterocycles. The van der Waals surface area contributed by atoms with Gasteiger partial charge in [0.15, 0.2) is 6.17 Å². The summed E-state index contributed by atoms with van der Waals surface area (Å²) in [6.07, 6.45) is -0.451. The Morgan fingerprint density at radius 3 is 1.89 bits per heavy atom. The minimum Gasteiger partial charge on any atom is -0.455 e. The number of para-hydroxylation sites is 1. The van der Waals surface area contributed by atoms with Gasteiger partial charge in [0.05, 0.1) is 0 Å². The van der Waals surface area contributed by atoms with Crippen molar-refractivity contribution in [2.75, 3.05) is 0 Å². The molecule has 0 fully saturated rings. The van der Waals surface area contributed by atoms with Gasteiger partial charge in [-0.1, -0.05) is 127 Å². The van der Waals surface area contributed by atoms with Crippen LogP contribution in [0.4, 0.5) is 0 Å². The number of hydrogen-bond acceptors (Lipinski definition) is 4. The topological polar surface area (TPSA) is 49.9 Å². The Hall–Kier alpha value is -6.00. The Bertz CT molecular complexity index is 2460. The van der Waals surface area contributed by atoms with Gasteiger partial charge in [0.2, 0.25) is 0 Å². The van der Waals surface area contributed by atoms with E-state index in [1.165, 1.54) is 16.2 Å². The van der Waals surface area contributed by atoms with Crippen LogP contribution in [0.1, 0.15) is 22.9 Å². The molecule has 0 bridgehead atoms. The molecule has 4 heteroatoms. The van der Waals surface area contributed by atoms with E-state index in [1.54, 1.807) is 0 Å². The summed E-state index contributed by atoms with van der Waals surface area (Å²) >= 11 is 0. The third-order valence-corrected chi connectivity index (χ3v) is 8.73. The molecule has 1 atom stereocenters. The lowest BCUT2D eigenvalue weighted by atomic mass is 9.95. The third kappa shape index (κ3) is 4.22. The lowest BCUT2D eigenvalue weighted by Gasteiger charge is -2.24. The largest absolute Gasteiger partial charge is 0.455 e. The van der Waals surface area contributed by atoms with Gasteiger partial charge in [-0.05, 0) is 51.4 Å². The molecule has 0 radical (unpaired) electrons. The number of fused-ring (bicyclic) bond motifs is 6. The lowest BCUT2D eigenvalue weighted by molar-refractivity contribution is 0.670. The molecule has 0 saturated heterocycles. The number of aliphatic imine (C=N–C) groups is 2. The van der Waals surface area contributed by atoms with E-state index in [0.717, 1.165) is 66.8 Å². The van der Waals surface area contributed by atoms with Crippen LogP contribution in [0.15, 0.2) is 166 Å². The number of nitrogens with zero attached hydrogens (tertiary/aromatic N) is 2. The van der Waals surface area contributed by atoms with E-state index in [0.29, 0.717) is 0 Å². The van der Waals surface area contributed by atoms with Crippen molar-refractivity contribution < 1.29 is 4.42 Å². The first-order valence-electron chi connectivity index (χ1n) is 15.2. The van der Waals surface area contributed by atoms with Gasteiger partial charge in [0.1, 0.15) is 22.8 Å². The summed E-state index contributed by atoms with van der Waals surface area (Å²) in [4.78, 5) is 10.6. The molecule has 1 unspecified atom stereocenters. The average molecular weight is 578 g/mol. The van der Waals surface area contributed by atoms with Crippen LogP contribution in [0.5, 0.6) is 0 Å². The van der Waals surface area contributed by atoms with E-state index in [-0.39, 0.29) is 0 Å². The van der Waals surface area contributed by atoms with E-state index in [4.69, 9.17) is 14.4 Å². The van der Waals surface area contributed by atoms with Crippen molar-refractivity contribution in [1.82, 2.24) is 5.32 Å². The fraction of sp³-hybridized carbons (Fsp3) is 0.0244. The van der Waals surface area contributed by atoms with E-state index in [9.17, 15) is 0 Å². The highest BCUT2D eigenvalue weighted by molar-refractivity contribution is 6.25. The fourth-order valence-electron chi connectivity index (χ4n) is 6.64. The Kier molecular flexibility index (Phi) is 5.85. The van der Waals surface area contributed by atoms with Crippen molar-refractivity contribution in [3.63, 3.8) is 0 Å². The van der Waals surface area contributed by atoms with Crippen LogP contribution < -0.4 is 5.32 Å². The lowest BCUT2D eigenvalue weighted by Crippen LogP contribution is -2.36. The van der Waals surface area contributed by atoms with Gasteiger partial charge < -0.3 is 9.73 Å². The SMILES string of the molecule is c1ccc(C2=NC(c3cc4ccccc4c4ccccc34)N=C(c3ccc(-c4ccccc4)c4oc5ccccc5c34)N2)cc1. The maximum absolute atomic E-state index is 6.59. The molecule has 1 aliphatic heterocycles. The highest BCUT2D eigenvalue weighted by Gasteiger charge is 2.26. The maximum atomic E-state index is 6.59. The highest BCUT2D eigenvalue weighted by Crippen LogP contribution is 2.40. The second-order valence-corrected chi connectivity index (χ2v) is 11.4. The fourth-order valence-corrected chi connectivity index (χ4v) is 6.64. The highest BCUT2D eigenvalue weighted by atomic mass is 16.3. The van der Waals surface area contributed by atoms with Gasteiger partial charge >= 0.3 is 0 Å². The van der Waals surface area contributed by atoms with Crippen molar-refractivity contribution in [2.24, 2.45) is 9.98 Å². The molecular weight excluding hydrogens is 550 g/mol. The van der Waals surface area contributed by atoms with E-state index < -0.39 is 6.17 Å². The summed E-state index contributed by atoms with van der Waals surface area (Å²) in [5, 5.41) is 10.5. The van der Waals surface area contributed by atoms with Gasteiger partial charge in [0, 0.05) is 33.0 Å². The molecule has 0 saturated carbocycles. The maximum Gasteiger partial charge on any atom is 0.170 e. The van der Waals surface area contributed by atoms with Crippen LogP contribution >= 0.6 is 0 Å². The van der Waals surface area contributed by atoms with Gasteiger partial charge in [-0.25, -0.2) is 9.98 Å². The molecule has 45 heavy (non-hydrogen) atoms. The van der Waals surface area contributed by atoms with E-state index in [2.05, 4.69) is 121 Å². The third-order valence-electron chi connectivity index (χ3n) is 8.73. The van der Waals surface area contributed by atoms with Crippen molar-refractivity contribution in [3.05, 3.63) is 168 Å². The van der Waals surface area contributed by atoms with Gasteiger partial charge in [-0.2, -0.15) is 0 Å². The molecule has 212 valence electrons. The average Bonchev–Trinajstić information content (AvgIpc) is 3.51. The van der Waals surface area contributed by atoms with Gasteiger partial charge in [-0.15, -0.1) is 0 Å². The second kappa shape index (κ2) is 10.3. The van der Waals surface area contributed by atoms with Crippen molar-refractivity contribution in [2.45, 2.75) is 6.17 Å². The minimum atomic E-state index is -0.451. The zero-order valence-corrected chi connectivity index (χ0v) is 24.3. The quantitative estimate of drug-likeness (QED) is 0.212. The smallest absolute Gasteiger partial charge is 0.170 e. The van der Waals surface area contributed by atoms with Crippen LogP contribution in [0.2, 0.25) is 0 Å².